The number of nitro benzene ring substituents is 1. The number of sulfonamides is 1. The molecule has 1 heterocycles. The number of hydrogen-bond donors (Lipinski definition) is 1. The van der Waals surface area contributed by atoms with E-state index in [4.69, 9.17) is 20.8 Å². The molecule has 0 aliphatic rings. The van der Waals surface area contributed by atoms with Crippen molar-refractivity contribution in [2.45, 2.75) is 31.6 Å². The molecule has 0 spiro atoms. The highest BCUT2D eigenvalue weighted by atomic mass is 35.5. The van der Waals surface area contributed by atoms with E-state index in [1.807, 2.05) is 6.92 Å². The first kappa shape index (κ1) is 22.6. The van der Waals surface area contributed by atoms with E-state index in [-0.39, 0.29) is 22.9 Å². The van der Waals surface area contributed by atoms with Gasteiger partial charge in [0.2, 0.25) is 0 Å². The van der Waals surface area contributed by atoms with Crippen LogP contribution in [0.4, 0.5) is 11.4 Å². The number of benzene rings is 2. The number of halogens is 1. The SMILES string of the molecule is CCCc1oc2ccc(NS(=O)(=O)c3cc([N+](=O)[O-])ccc3Cl)cc2c1C(=O)OCC. The Morgan fingerprint density at radius 2 is 1.97 bits per heavy atom. The van der Waals surface area contributed by atoms with Gasteiger partial charge in [0, 0.05) is 29.6 Å². The molecule has 3 aromatic rings. The Morgan fingerprint density at radius 3 is 2.61 bits per heavy atom. The van der Waals surface area contributed by atoms with Crippen molar-refractivity contribution >= 4 is 49.9 Å². The Hall–Kier alpha value is -3.11. The summed E-state index contributed by atoms with van der Waals surface area (Å²) in [6.07, 6.45) is 1.24. The summed E-state index contributed by atoms with van der Waals surface area (Å²) in [6, 6.07) is 7.57. The summed E-state index contributed by atoms with van der Waals surface area (Å²) >= 11 is 5.97. The van der Waals surface area contributed by atoms with Crippen LogP contribution in [0.2, 0.25) is 5.02 Å². The average molecular weight is 467 g/mol. The molecule has 31 heavy (non-hydrogen) atoms. The molecule has 0 saturated heterocycles. The van der Waals surface area contributed by atoms with Crippen LogP contribution in [0.15, 0.2) is 45.7 Å². The Labute approximate surface area is 183 Å². The van der Waals surface area contributed by atoms with Crippen LogP contribution in [-0.4, -0.2) is 25.9 Å². The van der Waals surface area contributed by atoms with Crippen molar-refractivity contribution in [3.63, 3.8) is 0 Å². The number of non-ortho nitro benzene ring substituents is 1. The lowest BCUT2D eigenvalue weighted by molar-refractivity contribution is -0.385. The quantitative estimate of drug-likeness (QED) is 0.283. The first-order chi connectivity index (χ1) is 14.7. The van der Waals surface area contributed by atoms with Crippen molar-refractivity contribution < 1.29 is 27.3 Å². The summed E-state index contributed by atoms with van der Waals surface area (Å²) in [6.45, 7) is 3.79. The van der Waals surface area contributed by atoms with E-state index in [1.165, 1.54) is 18.2 Å². The largest absolute Gasteiger partial charge is 0.462 e. The summed E-state index contributed by atoms with van der Waals surface area (Å²) in [5, 5.41) is 11.2. The maximum atomic E-state index is 12.8. The third-order valence-electron chi connectivity index (χ3n) is 4.38. The average Bonchev–Trinajstić information content (AvgIpc) is 3.05. The molecule has 0 amide bonds. The van der Waals surface area contributed by atoms with Gasteiger partial charge in [0.05, 0.1) is 16.6 Å². The molecule has 0 fully saturated rings. The van der Waals surface area contributed by atoms with E-state index >= 15 is 0 Å². The van der Waals surface area contributed by atoms with Gasteiger partial charge in [-0.3, -0.25) is 14.8 Å². The van der Waals surface area contributed by atoms with Gasteiger partial charge in [-0.2, -0.15) is 0 Å². The molecule has 0 unspecified atom stereocenters. The number of hydrogen-bond acceptors (Lipinski definition) is 7. The van der Waals surface area contributed by atoms with Gasteiger partial charge < -0.3 is 9.15 Å². The Balaban J connectivity index is 2.06. The maximum Gasteiger partial charge on any atom is 0.342 e. The molecular weight excluding hydrogens is 448 g/mol. The van der Waals surface area contributed by atoms with Crippen LogP contribution in [0, 0.1) is 10.1 Å². The van der Waals surface area contributed by atoms with E-state index in [0.29, 0.717) is 23.2 Å². The molecule has 0 aliphatic heterocycles. The zero-order chi connectivity index (χ0) is 22.8. The molecule has 0 bridgehead atoms. The van der Waals surface area contributed by atoms with Crippen molar-refractivity contribution in [3.8, 4) is 0 Å². The van der Waals surface area contributed by atoms with E-state index in [2.05, 4.69) is 4.72 Å². The van der Waals surface area contributed by atoms with Crippen LogP contribution in [0.25, 0.3) is 11.0 Å². The second-order valence-electron chi connectivity index (χ2n) is 6.56. The molecule has 0 radical (unpaired) electrons. The highest BCUT2D eigenvalue weighted by Gasteiger charge is 2.24. The van der Waals surface area contributed by atoms with Crippen molar-refractivity contribution in [1.82, 2.24) is 0 Å². The highest BCUT2D eigenvalue weighted by Crippen LogP contribution is 2.32. The molecule has 164 valence electrons. The predicted octanol–water partition coefficient (Wildman–Crippen LogP) is 4.92. The molecule has 0 atom stereocenters. The van der Waals surface area contributed by atoms with E-state index in [0.717, 1.165) is 24.6 Å². The zero-order valence-corrected chi connectivity index (χ0v) is 18.2. The molecule has 11 heteroatoms. The summed E-state index contributed by atoms with van der Waals surface area (Å²) in [7, 11) is -4.25. The lowest BCUT2D eigenvalue weighted by Crippen LogP contribution is -2.14. The standard InChI is InChI=1S/C20H19ClN2O7S/c1-3-5-17-19(20(24)29-4-2)14-10-12(6-9-16(14)30-17)22-31(27,28)18-11-13(23(25)26)7-8-15(18)21/h6-11,22H,3-5H2,1-2H3. The molecule has 3 rings (SSSR count). The second kappa shape index (κ2) is 8.94. The number of nitrogens with one attached hydrogen (secondary N) is 1. The number of carbonyl (C=O) groups is 1. The predicted molar refractivity (Wildman–Crippen MR) is 115 cm³/mol. The molecule has 0 saturated carbocycles. The van der Waals surface area contributed by atoms with Gasteiger partial charge in [0.25, 0.3) is 15.7 Å². The first-order valence-electron chi connectivity index (χ1n) is 9.37. The fraction of sp³-hybridized carbons (Fsp3) is 0.250. The van der Waals surface area contributed by atoms with Gasteiger partial charge >= 0.3 is 5.97 Å². The van der Waals surface area contributed by atoms with Crippen LogP contribution in [0.3, 0.4) is 0 Å². The summed E-state index contributed by atoms with van der Waals surface area (Å²) in [5.74, 6) is -0.107. The van der Waals surface area contributed by atoms with Crippen LogP contribution in [0.5, 0.6) is 0 Å². The van der Waals surface area contributed by atoms with Gasteiger partial charge in [-0.25, -0.2) is 13.2 Å². The van der Waals surface area contributed by atoms with Crippen LogP contribution in [0.1, 0.15) is 36.4 Å². The second-order valence-corrected chi connectivity index (χ2v) is 8.62. The number of carbonyl (C=O) groups excluding carboxylic acids is 1. The fourth-order valence-electron chi connectivity index (χ4n) is 3.06. The van der Waals surface area contributed by atoms with Crippen LogP contribution < -0.4 is 4.72 Å². The normalized spacial score (nSPS) is 11.5. The van der Waals surface area contributed by atoms with E-state index in [9.17, 15) is 23.3 Å². The van der Waals surface area contributed by atoms with Gasteiger partial charge in [-0.15, -0.1) is 0 Å². The minimum Gasteiger partial charge on any atom is -0.462 e. The minimum absolute atomic E-state index is 0.129. The Bertz CT molecular complexity index is 1270. The lowest BCUT2D eigenvalue weighted by atomic mass is 10.1. The highest BCUT2D eigenvalue weighted by molar-refractivity contribution is 7.92. The van der Waals surface area contributed by atoms with Crippen LogP contribution in [-0.2, 0) is 21.2 Å². The zero-order valence-electron chi connectivity index (χ0n) is 16.7. The summed E-state index contributed by atoms with van der Waals surface area (Å²) in [5.41, 5.74) is 0.365. The number of ether oxygens (including phenoxy) is 1. The van der Waals surface area contributed by atoms with Crippen molar-refractivity contribution in [2.75, 3.05) is 11.3 Å². The van der Waals surface area contributed by atoms with E-state index < -0.39 is 31.5 Å². The van der Waals surface area contributed by atoms with Crippen LogP contribution >= 0.6 is 11.6 Å². The number of rotatable bonds is 8. The summed E-state index contributed by atoms with van der Waals surface area (Å²) < 4.78 is 38.9. The van der Waals surface area contributed by atoms with Crippen molar-refractivity contribution in [2.24, 2.45) is 0 Å². The Morgan fingerprint density at radius 1 is 1.23 bits per heavy atom. The van der Waals surface area contributed by atoms with Gasteiger partial charge in [-0.1, -0.05) is 18.5 Å². The Kier molecular flexibility index (Phi) is 6.51. The number of nitro groups is 1. The summed E-state index contributed by atoms with van der Waals surface area (Å²) in [4.78, 5) is 22.3. The number of aryl methyl sites for hydroxylation is 1. The minimum atomic E-state index is -4.25. The molecule has 9 nitrogen and oxygen atoms in total. The molecule has 1 N–H and O–H groups in total. The molecule has 1 aromatic heterocycles. The first-order valence-corrected chi connectivity index (χ1v) is 11.2. The maximum absolute atomic E-state index is 12.8. The number of anilines is 1. The monoisotopic (exact) mass is 466 g/mol. The van der Waals surface area contributed by atoms with Gasteiger partial charge in [0.15, 0.2) is 0 Å². The molecule has 2 aromatic carbocycles. The van der Waals surface area contributed by atoms with E-state index in [1.54, 1.807) is 6.92 Å². The third-order valence-corrected chi connectivity index (χ3v) is 6.25. The third kappa shape index (κ3) is 4.64. The van der Waals surface area contributed by atoms with Crippen molar-refractivity contribution in [3.05, 3.63) is 62.9 Å². The molecule has 0 aliphatic carbocycles. The van der Waals surface area contributed by atoms with Gasteiger partial charge in [0.1, 0.15) is 21.8 Å². The number of furan rings is 1. The topological polar surface area (TPSA) is 129 Å². The van der Waals surface area contributed by atoms with Crippen molar-refractivity contribution in [1.29, 1.82) is 0 Å². The number of fused-ring (bicyclic) bond motifs is 1. The number of nitrogens with zero attached hydrogens (tertiary/aromatic N) is 1. The lowest BCUT2D eigenvalue weighted by Gasteiger charge is -2.10. The molecular formula is C20H19ClN2O7S. The fourth-order valence-corrected chi connectivity index (χ4v) is 4.63. The number of esters is 1. The van der Waals surface area contributed by atoms with Gasteiger partial charge in [-0.05, 0) is 37.6 Å². The smallest absolute Gasteiger partial charge is 0.342 e.